The maximum Gasteiger partial charge on any atom is 0.248 e. The van der Waals surface area contributed by atoms with Gasteiger partial charge in [-0.25, -0.2) is 0 Å². The number of carbonyl (C=O) groups is 2. The second-order valence-corrected chi connectivity index (χ2v) is 5.94. The summed E-state index contributed by atoms with van der Waals surface area (Å²) in [4.78, 5) is 26.3. The van der Waals surface area contributed by atoms with Crippen molar-refractivity contribution in [1.82, 2.24) is 15.4 Å². The Morgan fingerprint density at radius 2 is 2.25 bits per heavy atom. The molecule has 1 aromatic heterocycles. The molecule has 0 bridgehead atoms. The van der Waals surface area contributed by atoms with Crippen molar-refractivity contribution in [2.75, 3.05) is 6.54 Å². The number of nitrogens with one attached hydrogen (secondary N) is 1. The number of nitrogens with zero attached hydrogens (tertiary/aromatic N) is 2. The molecule has 0 spiro atoms. The molecule has 6 heteroatoms. The molecule has 1 atom stereocenters. The van der Waals surface area contributed by atoms with Crippen molar-refractivity contribution in [3.8, 4) is 0 Å². The van der Waals surface area contributed by atoms with Gasteiger partial charge >= 0.3 is 0 Å². The van der Waals surface area contributed by atoms with E-state index in [0.717, 1.165) is 18.5 Å². The summed E-state index contributed by atoms with van der Waals surface area (Å²) in [5.74, 6) is 0.850. The monoisotopic (exact) mass is 277 g/mol. The minimum absolute atomic E-state index is 0.0140. The highest BCUT2D eigenvalue weighted by Gasteiger charge is 2.51. The van der Waals surface area contributed by atoms with E-state index in [1.807, 2.05) is 19.9 Å². The molecular formula is C14H19N3O3. The van der Waals surface area contributed by atoms with Gasteiger partial charge in [-0.3, -0.25) is 9.59 Å². The van der Waals surface area contributed by atoms with Gasteiger partial charge in [0.1, 0.15) is 5.54 Å². The summed E-state index contributed by atoms with van der Waals surface area (Å²) in [5.41, 5.74) is 0.0317. The van der Waals surface area contributed by atoms with E-state index in [9.17, 15) is 9.59 Å². The van der Waals surface area contributed by atoms with Crippen LogP contribution in [0.1, 0.15) is 37.6 Å². The minimum Gasteiger partial charge on any atom is -0.359 e. The van der Waals surface area contributed by atoms with Crippen LogP contribution in [0.5, 0.6) is 0 Å². The van der Waals surface area contributed by atoms with Crippen molar-refractivity contribution in [1.29, 1.82) is 0 Å². The van der Waals surface area contributed by atoms with Gasteiger partial charge in [0.2, 0.25) is 11.8 Å². The molecule has 6 nitrogen and oxygen atoms in total. The number of amides is 2. The van der Waals surface area contributed by atoms with Crippen LogP contribution >= 0.6 is 0 Å². The number of hydrogen-bond acceptors (Lipinski definition) is 4. The van der Waals surface area contributed by atoms with Gasteiger partial charge in [0.15, 0.2) is 5.76 Å². The smallest absolute Gasteiger partial charge is 0.248 e. The molecule has 1 saturated carbocycles. The zero-order valence-corrected chi connectivity index (χ0v) is 11.8. The second-order valence-electron chi connectivity index (χ2n) is 5.94. The first-order chi connectivity index (χ1) is 9.49. The lowest BCUT2D eigenvalue weighted by Crippen LogP contribution is -2.56. The van der Waals surface area contributed by atoms with Gasteiger partial charge < -0.3 is 14.7 Å². The molecular weight excluding hydrogens is 258 g/mol. The molecule has 20 heavy (non-hydrogen) atoms. The highest BCUT2D eigenvalue weighted by Crippen LogP contribution is 2.41. The van der Waals surface area contributed by atoms with Crippen LogP contribution in [0.25, 0.3) is 0 Å². The Hall–Kier alpha value is -1.85. The Kier molecular flexibility index (Phi) is 3.03. The minimum atomic E-state index is -0.761. The quantitative estimate of drug-likeness (QED) is 0.894. The fourth-order valence-corrected chi connectivity index (χ4v) is 2.84. The van der Waals surface area contributed by atoms with Gasteiger partial charge in [-0.1, -0.05) is 5.16 Å². The molecule has 3 rings (SSSR count). The van der Waals surface area contributed by atoms with Crippen LogP contribution in [0.2, 0.25) is 0 Å². The second kappa shape index (κ2) is 4.61. The number of aromatic nitrogens is 1. The third kappa shape index (κ3) is 2.30. The maximum absolute atomic E-state index is 12.8. The summed E-state index contributed by atoms with van der Waals surface area (Å²) >= 11 is 0. The van der Waals surface area contributed by atoms with Gasteiger partial charge in [0, 0.05) is 19.0 Å². The molecule has 1 unspecified atom stereocenters. The van der Waals surface area contributed by atoms with Crippen LogP contribution in [-0.2, 0) is 16.1 Å². The third-order valence-electron chi connectivity index (χ3n) is 4.16. The average Bonchev–Trinajstić information content (AvgIpc) is 3.18. The third-order valence-corrected chi connectivity index (χ3v) is 4.16. The lowest BCUT2D eigenvalue weighted by atomic mass is 9.94. The molecule has 108 valence electrons. The highest BCUT2D eigenvalue weighted by molar-refractivity contribution is 5.93. The van der Waals surface area contributed by atoms with Gasteiger partial charge in [-0.05, 0) is 32.6 Å². The molecule has 1 aliphatic heterocycles. The SMILES string of the molecule is Cc1cc(CN2CCC(=O)NC(C)(C3CC3)C2=O)on1. The van der Waals surface area contributed by atoms with Crippen LogP contribution in [0, 0.1) is 12.8 Å². The summed E-state index contributed by atoms with van der Waals surface area (Å²) in [5, 5.41) is 6.75. The van der Waals surface area contributed by atoms with Gasteiger partial charge in [0.05, 0.1) is 12.2 Å². The predicted octanol–water partition coefficient (Wildman–Crippen LogP) is 1.00. The maximum atomic E-state index is 12.8. The Morgan fingerprint density at radius 3 is 2.85 bits per heavy atom. The van der Waals surface area contributed by atoms with Gasteiger partial charge in [0.25, 0.3) is 0 Å². The van der Waals surface area contributed by atoms with Crippen LogP contribution in [0.4, 0.5) is 0 Å². The van der Waals surface area contributed by atoms with Gasteiger partial charge in [-0.15, -0.1) is 0 Å². The molecule has 2 amide bonds. The van der Waals surface area contributed by atoms with Crippen LogP contribution in [-0.4, -0.2) is 34.0 Å². The molecule has 2 aliphatic rings. The fraction of sp³-hybridized carbons (Fsp3) is 0.643. The van der Waals surface area contributed by atoms with Crippen molar-refractivity contribution < 1.29 is 14.1 Å². The number of hydrogen-bond donors (Lipinski definition) is 1. The number of aryl methyl sites for hydroxylation is 1. The van der Waals surface area contributed by atoms with Crippen molar-refractivity contribution >= 4 is 11.8 Å². The van der Waals surface area contributed by atoms with E-state index in [-0.39, 0.29) is 17.7 Å². The first-order valence-corrected chi connectivity index (χ1v) is 7.01. The molecule has 2 fully saturated rings. The highest BCUT2D eigenvalue weighted by atomic mass is 16.5. The van der Waals surface area contributed by atoms with Crippen LogP contribution < -0.4 is 5.32 Å². The Morgan fingerprint density at radius 1 is 1.50 bits per heavy atom. The topological polar surface area (TPSA) is 75.4 Å². The van der Waals surface area contributed by atoms with Crippen molar-refractivity contribution in [2.24, 2.45) is 5.92 Å². The van der Waals surface area contributed by atoms with Crippen LogP contribution in [0.15, 0.2) is 10.6 Å². The van der Waals surface area contributed by atoms with E-state index in [1.165, 1.54) is 0 Å². The summed E-state index contributed by atoms with van der Waals surface area (Å²) in [6.07, 6.45) is 2.33. The molecule has 1 N–H and O–H groups in total. The standard InChI is InChI=1S/C14H19N3O3/c1-9-7-11(20-16-9)8-17-6-5-12(18)15-14(2,13(17)19)10-3-4-10/h7,10H,3-6,8H2,1-2H3,(H,15,18). The fourth-order valence-electron chi connectivity index (χ4n) is 2.84. The predicted molar refractivity (Wildman–Crippen MR) is 70.5 cm³/mol. The van der Waals surface area contributed by atoms with E-state index in [1.54, 1.807) is 4.90 Å². The van der Waals surface area contributed by atoms with E-state index in [2.05, 4.69) is 10.5 Å². The lowest BCUT2D eigenvalue weighted by molar-refractivity contribution is -0.139. The summed E-state index contributed by atoms with van der Waals surface area (Å²) < 4.78 is 5.18. The normalized spacial score (nSPS) is 27.4. The number of rotatable bonds is 3. The summed E-state index contributed by atoms with van der Waals surface area (Å²) in [7, 11) is 0. The molecule has 1 saturated heterocycles. The first kappa shape index (κ1) is 13.1. The molecule has 1 aromatic rings. The van der Waals surface area contributed by atoms with E-state index < -0.39 is 5.54 Å². The average molecular weight is 277 g/mol. The van der Waals surface area contributed by atoms with Crippen LogP contribution in [0.3, 0.4) is 0 Å². The van der Waals surface area contributed by atoms with E-state index in [0.29, 0.717) is 25.3 Å². The van der Waals surface area contributed by atoms with E-state index in [4.69, 9.17) is 4.52 Å². The lowest BCUT2D eigenvalue weighted by Gasteiger charge is -2.31. The van der Waals surface area contributed by atoms with Crippen molar-refractivity contribution in [3.63, 3.8) is 0 Å². The molecule has 2 heterocycles. The zero-order valence-electron chi connectivity index (χ0n) is 11.8. The summed E-state index contributed by atoms with van der Waals surface area (Å²) in [6, 6.07) is 1.82. The zero-order chi connectivity index (χ0) is 14.3. The Labute approximate surface area is 117 Å². The molecule has 1 aliphatic carbocycles. The van der Waals surface area contributed by atoms with E-state index >= 15 is 0 Å². The van der Waals surface area contributed by atoms with Gasteiger partial charge in [-0.2, -0.15) is 0 Å². The molecule has 0 radical (unpaired) electrons. The Balaban J connectivity index is 1.82. The Bertz CT molecular complexity index is 550. The molecule has 0 aromatic carbocycles. The van der Waals surface area contributed by atoms with Crippen molar-refractivity contribution in [3.05, 3.63) is 17.5 Å². The number of carbonyl (C=O) groups excluding carboxylic acids is 2. The summed E-state index contributed by atoms with van der Waals surface area (Å²) in [6.45, 7) is 4.48. The van der Waals surface area contributed by atoms with Crippen molar-refractivity contribution in [2.45, 2.75) is 45.2 Å². The largest absolute Gasteiger partial charge is 0.359 e. The first-order valence-electron chi connectivity index (χ1n) is 7.01.